The van der Waals surface area contributed by atoms with E-state index >= 15 is 0 Å². The van der Waals surface area contributed by atoms with Crippen LogP contribution in [-0.2, 0) is 22.3 Å². The van der Waals surface area contributed by atoms with Gasteiger partial charge in [-0.25, -0.2) is 9.59 Å². The van der Waals surface area contributed by atoms with Crippen molar-refractivity contribution in [1.29, 1.82) is 0 Å². The highest BCUT2D eigenvalue weighted by molar-refractivity contribution is 7.80. The van der Waals surface area contributed by atoms with E-state index in [1.165, 1.54) is 24.8 Å². The van der Waals surface area contributed by atoms with Gasteiger partial charge in [0.05, 0.1) is 24.8 Å². The Morgan fingerprint density at radius 1 is 1.10 bits per heavy atom. The molecule has 1 aromatic heterocycles. The van der Waals surface area contributed by atoms with Crippen LogP contribution in [0.1, 0.15) is 69.3 Å². The zero-order chi connectivity index (χ0) is 22.4. The minimum atomic E-state index is -0.412. The molecule has 2 N–H and O–H groups in total. The Morgan fingerprint density at radius 3 is 2.55 bits per heavy atom. The molecule has 8 heteroatoms. The molecule has 0 amide bonds. The van der Waals surface area contributed by atoms with Gasteiger partial charge in [0.25, 0.3) is 0 Å². The second kappa shape index (κ2) is 10.7. The van der Waals surface area contributed by atoms with Gasteiger partial charge in [-0.2, -0.15) is 0 Å². The van der Waals surface area contributed by atoms with E-state index in [1.54, 1.807) is 23.5 Å². The quantitative estimate of drug-likeness (QED) is 0.451. The summed E-state index contributed by atoms with van der Waals surface area (Å²) in [5.41, 5.74) is 3.77. The molecule has 0 saturated heterocycles. The number of hydrogen-bond acceptors (Lipinski definition) is 6. The van der Waals surface area contributed by atoms with E-state index in [1.807, 2.05) is 19.9 Å². The van der Waals surface area contributed by atoms with E-state index in [0.29, 0.717) is 33.5 Å². The third kappa shape index (κ3) is 5.62. The molecule has 166 valence electrons. The Morgan fingerprint density at radius 2 is 1.84 bits per heavy atom. The number of hydrogen-bond donors (Lipinski definition) is 2. The lowest BCUT2D eigenvalue weighted by Gasteiger charge is -2.14. The molecular formula is C23H28N2O4S2. The fourth-order valence-corrected chi connectivity index (χ4v) is 5.24. The van der Waals surface area contributed by atoms with Crippen molar-refractivity contribution in [2.24, 2.45) is 0 Å². The summed E-state index contributed by atoms with van der Waals surface area (Å²) in [6.45, 7) is 4.06. The van der Waals surface area contributed by atoms with Crippen LogP contribution >= 0.6 is 23.6 Å². The third-order valence-corrected chi connectivity index (χ3v) is 6.70. The molecule has 31 heavy (non-hydrogen) atoms. The highest BCUT2D eigenvalue weighted by Gasteiger charge is 2.25. The van der Waals surface area contributed by atoms with Gasteiger partial charge in [0.15, 0.2) is 5.11 Å². The van der Waals surface area contributed by atoms with Gasteiger partial charge in [-0.05, 0) is 75.0 Å². The normalized spacial score (nSPS) is 13.4. The fraction of sp³-hybridized carbons (Fsp3) is 0.435. The van der Waals surface area contributed by atoms with Crippen LogP contribution in [-0.4, -0.2) is 30.8 Å². The summed E-state index contributed by atoms with van der Waals surface area (Å²) in [6.07, 6.45) is 6.42. The van der Waals surface area contributed by atoms with E-state index in [0.717, 1.165) is 36.8 Å². The van der Waals surface area contributed by atoms with Crippen molar-refractivity contribution in [2.75, 3.05) is 24.4 Å². The molecule has 1 aromatic carbocycles. The van der Waals surface area contributed by atoms with Gasteiger partial charge in [0.1, 0.15) is 5.00 Å². The second-order valence-electron chi connectivity index (χ2n) is 7.44. The SMILES string of the molecule is CCOC(=O)c1c(NC(=S)Nc2cc(C(=O)OC)ccc2C)sc2c1CCCCCC2. The lowest BCUT2D eigenvalue weighted by Crippen LogP contribution is -2.21. The smallest absolute Gasteiger partial charge is 0.341 e. The summed E-state index contributed by atoms with van der Waals surface area (Å²) in [4.78, 5) is 25.9. The topological polar surface area (TPSA) is 76.7 Å². The van der Waals surface area contributed by atoms with Gasteiger partial charge in [0.2, 0.25) is 0 Å². The molecule has 1 heterocycles. The first-order chi connectivity index (χ1) is 14.9. The van der Waals surface area contributed by atoms with Gasteiger partial charge >= 0.3 is 11.9 Å². The Hall–Kier alpha value is -2.45. The molecule has 0 saturated carbocycles. The molecule has 0 bridgehead atoms. The van der Waals surface area contributed by atoms with Crippen molar-refractivity contribution in [1.82, 2.24) is 0 Å². The first-order valence-electron chi connectivity index (χ1n) is 10.5. The molecule has 0 fully saturated rings. The number of esters is 2. The number of thiophene rings is 1. The van der Waals surface area contributed by atoms with E-state index in [-0.39, 0.29) is 5.97 Å². The van der Waals surface area contributed by atoms with Crippen LogP contribution < -0.4 is 10.6 Å². The first kappa shape index (κ1) is 23.2. The standard InChI is InChI=1S/C23H28N2O4S2/c1-4-29-22(27)19-16-9-7-5-6-8-10-18(16)31-20(19)25-23(30)24-17-13-15(21(26)28-3)12-11-14(17)2/h11-13H,4-10H2,1-3H3,(H2,24,25,30). The molecule has 1 aliphatic carbocycles. The van der Waals surface area contributed by atoms with E-state index in [2.05, 4.69) is 10.6 Å². The summed E-state index contributed by atoms with van der Waals surface area (Å²) < 4.78 is 10.2. The van der Waals surface area contributed by atoms with Crippen molar-refractivity contribution in [3.63, 3.8) is 0 Å². The molecule has 2 aromatic rings. The largest absolute Gasteiger partial charge is 0.465 e. The number of ether oxygens (including phenoxy) is 2. The minimum absolute atomic E-state index is 0.310. The van der Waals surface area contributed by atoms with Gasteiger partial charge in [-0.3, -0.25) is 0 Å². The van der Waals surface area contributed by atoms with Crippen LogP contribution in [0.2, 0.25) is 0 Å². The summed E-state index contributed by atoms with van der Waals surface area (Å²) in [5, 5.41) is 7.42. The van der Waals surface area contributed by atoms with Crippen LogP contribution in [0.5, 0.6) is 0 Å². The summed E-state index contributed by atoms with van der Waals surface area (Å²) in [5.74, 6) is -0.723. The predicted molar refractivity (Wildman–Crippen MR) is 129 cm³/mol. The molecule has 0 radical (unpaired) electrons. The molecule has 0 atom stereocenters. The number of aryl methyl sites for hydroxylation is 2. The summed E-state index contributed by atoms with van der Waals surface area (Å²) in [7, 11) is 1.35. The maximum absolute atomic E-state index is 12.8. The lowest BCUT2D eigenvalue weighted by atomic mass is 9.96. The average Bonchev–Trinajstić information content (AvgIpc) is 3.05. The van der Waals surface area contributed by atoms with Crippen LogP contribution in [0.3, 0.4) is 0 Å². The van der Waals surface area contributed by atoms with Crippen molar-refractivity contribution in [2.45, 2.75) is 52.4 Å². The molecular weight excluding hydrogens is 432 g/mol. The van der Waals surface area contributed by atoms with Gasteiger partial charge in [-0.15, -0.1) is 11.3 Å². The molecule has 0 unspecified atom stereocenters. The molecule has 0 spiro atoms. The van der Waals surface area contributed by atoms with Crippen LogP contribution in [0.15, 0.2) is 18.2 Å². The number of carbonyl (C=O) groups excluding carboxylic acids is 2. The van der Waals surface area contributed by atoms with E-state index in [4.69, 9.17) is 21.7 Å². The maximum atomic E-state index is 12.8. The summed E-state index contributed by atoms with van der Waals surface area (Å²) >= 11 is 7.12. The van der Waals surface area contributed by atoms with Crippen LogP contribution in [0.4, 0.5) is 10.7 Å². The van der Waals surface area contributed by atoms with Crippen molar-refractivity contribution in [3.8, 4) is 0 Å². The van der Waals surface area contributed by atoms with Crippen molar-refractivity contribution >= 4 is 51.3 Å². The number of carbonyl (C=O) groups is 2. The molecule has 6 nitrogen and oxygen atoms in total. The summed E-state index contributed by atoms with van der Waals surface area (Å²) in [6, 6.07) is 5.24. The molecule has 0 aliphatic heterocycles. The number of nitrogens with one attached hydrogen (secondary N) is 2. The highest BCUT2D eigenvalue weighted by Crippen LogP contribution is 2.37. The Labute approximate surface area is 192 Å². The highest BCUT2D eigenvalue weighted by atomic mass is 32.1. The Kier molecular flexibility index (Phi) is 8.03. The Bertz CT molecular complexity index is 984. The monoisotopic (exact) mass is 460 g/mol. The number of benzene rings is 1. The molecule has 1 aliphatic rings. The second-order valence-corrected chi connectivity index (χ2v) is 8.96. The number of anilines is 2. The van der Waals surface area contributed by atoms with Crippen molar-refractivity contribution < 1.29 is 19.1 Å². The number of thiocarbonyl (C=S) groups is 1. The minimum Gasteiger partial charge on any atom is -0.465 e. The predicted octanol–water partition coefficient (Wildman–Crippen LogP) is 5.49. The number of methoxy groups -OCH3 is 1. The fourth-order valence-electron chi connectivity index (χ4n) is 3.68. The van der Waals surface area contributed by atoms with Gasteiger partial charge in [-0.1, -0.05) is 18.9 Å². The maximum Gasteiger partial charge on any atom is 0.341 e. The van der Waals surface area contributed by atoms with Crippen LogP contribution in [0.25, 0.3) is 0 Å². The zero-order valence-corrected chi connectivity index (χ0v) is 19.8. The average molecular weight is 461 g/mol. The molecule has 3 rings (SSSR count). The van der Waals surface area contributed by atoms with Crippen molar-refractivity contribution in [3.05, 3.63) is 45.3 Å². The number of rotatable bonds is 5. The number of fused-ring (bicyclic) bond motifs is 1. The van der Waals surface area contributed by atoms with E-state index in [9.17, 15) is 9.59 Å². The Balaban J connectivity index is 1.86. The van der Waals surface area contributed by atoms with Gasteiger partial charge in [0, 0.05) is 10.6 Å². The van der Waals surface area contributed by atoms with E-state index < -0.39 is 5.97 Å². The van der Waals surface area contributed by atoms with Crippen LogP contribution in [0, 0.1) is 6.92 Å². The zero-order valence-electron chi connectivity index (χ0n) is 18.1. The lowest BCUT2D eigenvalue weighted by molar-refractivity contribution is 0.0525. The first-order valence-corrected chi connectivity index (χ1v) is 11.8. The van der Waals surface area contributed by atoms with Gasteiger partial charge < -0.3 is 20.1 Å². The third-order valence-electron chi connectivity index (χ3n) is 5.28.